The Kier molecular flexibility index (Phi) is 7.68. The number of likely N-dealkylation sites (tertiary alicyclic amines) is 1. The zero-order valence-electron chi connectivity index (χ0n) is 15.7. The molecule has 2 heterocycles. The molecule has 2 rings (SSSR count). The highest BCUT2D eigenvalue weighted by atomic mass is 32.1. The summed E-state index contributed by atoms with van der Waals surface area (Å²) in [5.41, 5.74) is 1.14. The molecule has 6 nitrogen and oxygen atoms in total. The van der Waals surface area contributed by atoms with Crippen LogP contribution in [-0.4, -0.2) is 55.1 Å². The summed E-state index contributed by atoms with van der Waals surface area (Å²) in [6, 6.07) is 0. The Morgan fingerprint density at radius 1 is 1.48 bits per heavy atom. The second kappa shape index (κ2) is 9.75. The van der Waals surface area contributed by atoms with Gasteiger partial charge < -0.3 is 15.0 Å². The molecule has 25 heavy (non-hydrogen) atoms. The summed E-state index contributed by atoms with van der Waals surface area (Å²) >= 11 is 1.73. The van der Waals surface area contributed by atoms with Crippen LogP contribution in [0.4, 0.5) is 0 Å². The van der Waals surface area contributed by atoms with Crippen molar-refractivity contribution < 1.29 is 9.53 Å². The van der Waals surface area contributed by atoms with Gasteiger partial charge >= 0.3 is 5.97 Å². The molecule has 0 atom stereocenters. The zero-order valence-corrected chi connectivity index (χ0v) is 16.6. The van der Waals surface area contributed by atoms with Gasteiger partial charge in [-0.2, -0.15) is 0 Å². The first-order valence-corrected chi connectivity index (χ1v) is 9.99. The Labute approximate surface area is 154 Å². The van der Waals surface area contributed by atoms with Crippen LogP contribution in [0, 0.1) is 5.92 Å². The lowest BCUT2D eigenvalue weighted by atomic mass is 9.97. The van der Waals surface area contributed by atoms with E-state index in [1.54, 1.807) is 18.4 Å². The molecule has 0 spiro atoms. The molecule has 0 bridgehead atoms. The predicted octanol–water partition coefficient (Wildman–Crippen LogP) is 2.66. The van der Waals surface area contributed by atoms with Crippen LogP contribution in [0.25, 0.3) is 0 Å². The second-order valence-corrected chi connectivity index (χ2v) is 7.46. The third-order valence-electron chi connectivity index (χ3n) is 4.35. The van der Waals surface area contributed by atoms with Gasteiger partial charge in [-0.25, -0.2) is 4.98 Å². The van der Waals surface area contributed by atoms with Gasteiger partial charge in [-0.05, 0) is 19.8 Å². The molecule has 0 radical (unpaired) electrons. The Morgan fingerprint density at radius 2 is 2.20 bits per heavy atom. The highest BCUT2D eigenvalue weighted by Crippen LogP contribution is 2.20. The minimum atomic E-state index is -0.0606. The monoisotopic (exact) mass is 366 g/mol. The zero-order chi connectivity index (χ0) is 18.2. The minimum absolute atomic E-state index is 0.0266. The van der Waals surface area contributed by atoms with Crippen molar-refractivity contribution in [2.24, 2.45) is 10.9 Å². The smallest absolute Gasteiger partial charge is 0.309 e. The molecule has 0 aromatic carbocycles. The van der Waals surface area contributed by atoms with Crippen LogP contribution in [-0.2, 0) is 16.0 Å². The number of nitrogens with zero attached hydrogens (tertiary/aromatic N) is 3. The van der Waals surface area contributed by atoms with Crippen molar-refractivity contribution in [2.75, 3.05) is 33.3 Å². The summed E-state index contributed by atoms with van der Waals surface area (Å²) < 4.78 is 5.13. The van der Waals surface area contributed by atoms with Gasteiger partial charge in [-0.1, -0.05) is 13.8 Å². The molecule has 7 heteroatoms. The van der Waals surface area contributed by atoms with E-state index in [1.165, 1.54) is 5.01 Å². The number of carbonyl (C=O) groups is 1. The van der Waals surface area contributed by atoms with Crippen molar-refractivity contribution in [3.63, 3.8) is 0 Å². The topological polar surface area (TPSA) is 66.8 Å². The van der Waals surface area contributed by atoms with Gasteiger partial charge in [-0.15, -0.1) is 11.3 Å². The Hall–Kier alpha value is -1.63. The number of guanidine groups is 1. The Balaban J connectivity index is 1.76. The Morgan fingerprint density at radius 3 is 2.76 bits per heavy atom. The first-order chi connectivity index (χ1) is 12.0. The molecule has 1 fully saturated rings. The van der Waals surface area contributed by atoms with Gasteiger partial charge in [0, 0.05) is 44.4 Å². The van der Waals surface area contributed by atoms with Crippen LogP contribution < -0.4 is 5.32 Å². The maximum absolute atomic E-state index is 11.8. The fourth-order valence-corrected chi connectivity index (χ4v) is 3.79. The van der Waals surface area contributed by atoms with E-state index in [4.69, 9.17) is 4.74 Å². The minimum Gasteiger partial charge on any atom is -0.466 e. The van der Waals surface area contributed by atoms with Crippen LogP contribution >= 0.6 is 11.3 Å². The summed E-state index contributed by atoms with van der Waals surface area (Å²) in [5, 5.41) is 6.76. The first kappa shape index (κ1) is 19.7. The molecule has 1 aromatic heterocycles. The number of ether oxygens (including phenoxy) is 1. The number of aromatic nitrogens is 1. The first-order valence-electron chi connectivity index (χ1n) is 9.11. The molecular weight excluding hydrogens is 336 g/mol. The molecule has 0 saturated carbocycles. The number of carbonyl (C=O) groups excluding carboxylic acids is 1. The van der Waals surface area contributed by atoms with Crippen molar-refractivity contribution in [3.8, 4) is 0 Å². The van der Waals surface area contributed by atoms with E-state index in [1.807, 2.05) is 6.92 Å². The van der Waals surface area contributed by atoms with E-state index >= 15 is 0 Å². The molecule has 0 unspecified atom stereocenters. The van der Waals surface area contributed by atoms with Crippen molar-refractivity contribution in [1.29, 1.82) is 0 Å². The summed E-state index contributed by atoms with van der Waals surface area (Å²) in [7, 11) is 1.81. The van der Waals surface area contributed by atoms with Gasteiger partial charge in [0.05, 0.1) is 23.2 Å². The van der Waals surface area contributed by atoms with E-state index in [2.05, 4.69) is 39.4 Å². The lowest BCUT2D eigenvalue weighted by molar-refractivity contribution is -0.149. The highest BCUT2D eigenvalue weighted by molar-refractivity contribution is 7.09. The van der Waals surface area contributed by atoms with Gasteiger partial charge in [-0.3, -0.25) is 9.79 Å². The van der Waals surface area contributed by atoms with Crippen molar-refractivity contribution >= 4 is 23.3 Å². The Bertz CT molecular complexity index is 577. The molecule has 1 aliphatic rings. The van der Waals surface area contributed by atoms with Crippen LogP contribution in [0.2, 0.25) is 0 Å². The maximum atomic E-state index is 11.8. The molecule has 1 saturated heterocycles. The van der Waals surface area contributed by atoms with Crippen molar-refractivity contribution in [2.45, 2.75) is 46.0 Å². The normalized spacial score (nSPS) is 16.4. The number of rotatable bonds is 6. The van der Waals surface area contributed by atoms with E-state index < -0.39 is 0 Å². The van der Waals surface area contributed by atoms with Crippen LogP contribution in [0.1, 0.15) is 50.2 Å². The molecular formula is C18H30N4O2S. The predicted molar refractivity (Wildman–Crippen MR) is 102 cm³/mol. The average molecular weight is 367 g/mol. The average Bonchev–Trinajstić information content (AvgIpc) is 3.08. The molecule has 1 aliphatic heterocycles. The maximum Gasteiger partial charge on any atom is 0.309 e. The second-order valence-electron chi connectivity index (χ2n) is 6.57. The number of esters is 1. The van der Waals surface area contributed by atoms with Crippen LogP contribution in [0.5, 0.6) is 0 Å². The quantitative estimate of drug-likeness (QED) is 0.476. The van der Waals surface area contributed by atoms with Crippen LogP contribution in [0.3, 0.4) is 0 Å². The number of hydrogen-bond acceptors (Lipinski definition) is 5. The number of nitrogens with one attached hydrogen (secondary N) is 1. The third-order valence-corrected chi connectivity index (χ3v) is 5.55. The number of aliphatic imine (C=N–C) groups is 1. The fraction of sp³-hybridized carbons (Fsp3) is 0.722. The highest BCUT2D eigenvalue weighted by Gasteiger charge is 2.27. The molecule has 0 aliphatic carbocycles. The summed E-state index contributed by atoms with van der Waals surface area (Å²) in [4.78, 5) is 23.1. The molecule has 1 aromatic rings. The van der Waals surface area contributed by atoms with Crippen LogP contribution in [0.15, 0.2) is 10.4 Å². The lowest BCUT2D eigenvalue weighted by Crippen LogP contribution is -2.47. The number of hydrogen-bond donors (Lipinski definition) is 1. The number of thiazole rings is 1. The van der Waals surface area contributed by atoms with Crippen molar-refractivity contribution in [3.05, 3.63) is 16.1 Å². The molecule has 0 amide bonds. The van der Waals surface area contributed by atoms with E-state index in [0.29, 0.717) is 12.5 Å². The molecule has 1 N–H and O–H groups in total. The SMILES string of the molecule is CCOC(=O)C1CCN(C(=NC)NCCc2csc(C(C)C)n2)CC1. The lowest BCUT2D eigenvalue weighted by Gasteiger charge is -2.33. The van der Waals surface area contributed by atoms with Gasteiger partial charge in [0.25, 0.3) is 0 Å². The number of piperidine rings is 1. The van der Waals surface area contributed by atoms with Crippen molar-refractivity contribution in [1.82, 2.24) is 15.2 Å². The summed E-state index contributed by atoms with van der Waals surface area (Å²) in [6.45, 7) is 9.12. The summed E-state index contributed by atoms with van der Waals surface area (Å²) in [5.74, 6) is 1.36. The third kappa shape index (κ3) is 5.70. The fourth-order valence-electron chi connectivity index (χ4n) is 2.92. The van der Waals surface area contributed by atoms with E-state index in [-0.39, 0.29) is 11.9 Å². The van der Waals surface area contributed by atoms with Gasteiger partial charge in [0.2, 0.25) is 0 Å². The van der Waals surface area contributed by atoms with E-state index in [0.717, 1.165) is 50.6 Å². The van der Waals surface area contributed by atoms with Gasteiger partial charge in [0.1, 0.15) is 0 Å². The molecule has 140 valence electrons. The van der Waals surface area contributed by atoms with E-state index in [9.17, 15) is 4.79 Å². The summed E-state index contributed by atoms with van der Waals surface area (Å²) in [6.07, 6.45) is 2.54. The van der Waals surface area contributed by atoms with Gasteiger partial charge in [0.15, 0.2) is 5.96 Å². The largest absolute Gasteiger partial charge is 0.466 e. The standard InChI is InChI=1S/C18H30N4O2S/c1-5-24-17(23)14-7-10-22(11-8-14)18(19-4)20-9-6-15-12-25-16(21-15)13(2)3/h12-14H,5-11H2,1-4H3,(H,19,20).